The fraction of sp³-hybridized carbons (Fsp3) is 0. The first-order chi connectivity index (χ1) is 7.97. The fourth-order valence-corrected chi connectivity index (χ4v) is 2.34. The summed E-state index contributed by atoms with van der Waals surface area (Å²) in [6, 6.07) is 4.52. The Bertz CT molecular complexity index is 604. The highest BCUT2D eigenvalue weighted by Crippen LogP contribution is 2.18. The molecule has 0 saturated carbocycles. The van der Waals surface area contributed by atoms with Gasteiger partial charge in [0.25, 0.3) is 10.0 Å². The van der Waals surface area contributed by atoms with Crippen LogP contribution in [-0.2, 0) is 10.0 Å². The van der Waals surface area contributed by atoms with Gasteiger partial charge in [0.1, 0.15) is 11.6 Å². The van der Waals surface area contributed by atoms with E-state index >= 15 is 0 Å². The van der Waals surface area contributed by atoms with Gasteiger partial charge >= 0.3 is 0 Å². The average molecular weight is 256 g/mol. The molecule has 17 heavy (non-hydrogen) atoms. The molecule has 1 aromatic carbocycles. The van der Waals surface area contributed by atoms with Crippen LogP contribution in [0.3, 0.4) is 0 Å². The molecule has 0 aliphatic carbocycles. The zero-order chi connectivity index (χ0) is 12.5. The van der Waals surface area contributed by atoms with Crippen molar-refractivity contribution in [1.82, 2.24) is 10.2 Å². The number of anilines is 2. The second-order valence-electron chi connectivity index (χ2n) is 3.30. The summed E-state index contributed by atoms with van der Waals surface area (Å²) in [6.45, 7) is 0. The van der Waals surface area contributed by atoms with Gasteiger partial charge in [0.2, 0.25) is 0 Å². The van der Waals surface area contributed by atoms with Crippen LogP contribution in [0.15, 0.2) is 35.4 Å². The van der Waals surface area contributed by atoms with Crippen LogP contribution < -0.4 is 10.5 Å². The molecule has 0 amide bonds. The molecule has 8 heteroatoms. The Hall–Kier alpha value is -2.09. The highest BCUT2D eigenvalue weighted by molar-refractivity contribution is 7.92. The average Bonchev–Trinajstić information content (AvgIpc) is 2.68. The van der Waals surface area contributed by atoms with Crippen molar-refractivity contribution in [3.8, 4) is 0 Å². The van der Waals surface area contributed by atoms with E-state index in [4.69, 9.17) is 5.73 Å². The van der Waals surface area contributed by atoms with Crippen molar-refractivity contribution in [2.24, 2.45) is 0 Å². The quantitative estimate of drug-likeness (QED) is 0.711. The number of benzene rings is 1. The molecule has 0 aliphatic heterocycles. The Morgan fingerprint density at radius 1 is 1.35 bits per heavy atom. The van der Waals surface area contributed by atoms with Gasteiger partial charge in [-0.25, -0.2) is 12.8 Å². The van der Waals surface area contributed by atoms with Gasteiger partial charge in [-0.2, -0.15) is 5.10 Å². The first-order valence-corrected chi connectivity index (χ1v) is 6.04. The number of nitrogen functional groups attached to an aromatic ring is 1. The summed E-state index contributed by atoms with van der Waals surface area (Å²) in [6.07, 6.45) is 1.39. The molecule has 2 aromatic rings. The highest BCUT2D eigenvalue weighted by atomic mass is 32.2. The maximum atomic E-state index is 13.0. The van der Waals surface area contributed by atoms with Gasteiger partial charge in [0.05, 0.1) is 11.1 Å². The third-order valence-corrected chi connectivity index (χ3v) is 3.29. The van der Waals surface area contributed by atoms with E-state index in [1.165, 1.54) is 18.3 Å². The van der Waals surface area contributed by atoms with E-state index in [9.17, 15) is 12.8 Å². The largest absolute Gasteiger partial charge is 0.399 e. The van der Waals surface area contributed by atoms with Gasteiger partial charge in [0.15, 0.2) is 0 Å². The van der Waals surface area contributed by atoms with E-state index in [2.05, 4.69) is 14.9 Å². The number of H-pyrrole nitrogens is 1. The van der Waals surface area contributed by atoms with Crippen molar-refractivity contribution in [1.29, 1.82) is 0 Å². The van der Waals surface area contributed by atoms with E-state index in [1.807, 2.05) is 0 Å². The van der Waals surface area contributed by atoms with Gasteiger partial charge in [-0.1, -0.05) is 0 Å². The summed E-state index contributed by atoms with van der Waals surface area (Å²) in [7, 11) is -3.87. The minimum atomic E-state index is -3.87. The molecule has 4 N–H and O–H groups in total. The summed E-state index contributed by atoms with van der Waals surface area (Å²) < 4.78 is 38.9. The van der Waals surface area contributed by atoms with Crippen LogP contribution in [0.25, 0.3) is 0 Å². The first-order valence-electron chi connectivity index (χ1n) is 4.56. The predicted octanol–water partition coefficient (Wildman–Crippen LogP) is 0.932. The van der Waals surface area contributed by atoms with Crippen molar-refractivity contribution < 1.29 is 12.8 Å². The van der Waals surface area contributed by atoms with Crippen molar-refractivity contribution in [2.75, 3.05) is 10.5 Å². The summed E-state index contributed by atoms with van der Waals surface area (Å²) in [4.78, 5) is -0.246. The van der Waals surface area contributed by atoms with Crippen LogP contribution in [0.1, 0.15) is 0 Å². The SMILES string of the molecule is Nc1cc(F)cc(S(=O)(=O)Nc2ccn[nH]2)c1. The van der Waals surface area contributed by atoms with Crippen molar-refractivity contribution in [3.63, 3.8) is 0 Å². The van der Waals surface area contributed by atoms with Crippen molar-refractivity contribution >= 4 is 21.5 Å². The number of rotatable bonds is 3. The lowest BCUT2D eigenvalue weighted by Crippen LogP contribution is -2.13. The Morgan fingerprint density at radius 3 is 2.71 bits per heavy atom. The van der Waals surface area contributed by atoms with Gasteiger partial charge in [-0.05, 0) is 18.2 Å². The summed E-state index contributed by atoms with van der Waals surface area (Å²) in [5.41, 5.74) is 5.41. The Kier molecular flexibility index (Phi) is 2.72. The predicted molar refractivity (Wildman–Crippen MR) is 60.2 cm³/mol. The molecular formula is C9H9FN4O2S. The molecule has 1 aromatic heterocycles. The van der Waals surface area contributed by atoms with E-state index < -0.39 is 15.8 Å². The number of nitrogens with zero attached hydrogens (tertiary/aromatic N) is 1. The molecule has 90 valence electrons. The lowest BCUT2D eigenvalue weighted by molar-refractivity contribution is 0.595. The van der Waals surface area contributed by atoms with Crippen LogP contribution in [0.4, 0.5) is 15.9 Å². The maximum Gasteiger partial charge on any atom is 0.263 e. The topological polar surface area (TPSA) is 101 Å². The lowest BCUT2D eigenvalue weighted by Gasteiger charge is -2.06. The molecule has 0 radical (unpaired) electrons. The number of nitrogens with one attached hydrogen (secondary N) is 2. The zero-order valence-corrected chi connectivity index (χ0v) is 9.33. The maximum absolute atomic E-state index is 13.0. The number of hydrogen-bond donors (Lipinski definition) is 3. The molecule has 0 fully saturated rings. The molecule has 0 atom stereocenters. The standard InChI is InChI=1S/C9H9FN4O2S/c10-6-3-7(11)5-8(4-6)17(15,16)14-9-1-2-12-13-9/h1-5H,11H2,(H2,12,13,14). The van der Waals surface area contributed by atoms with E-state index in [0.29, 0.717) is 0 Å². The minimum Gasteiger partial charge on any atom is -0.399 e. The molecule has 0 bridgehead atoms. The van der Waals surface area contributed by atoms with E-state index in [0.717, 1.165) is 12.1 Å². The minimum absolute atomic E-state index is 0.0370. The molecule has 0 saturated heterocycles. The van der Waals surface area contributed by atoms with Gasteiger partial charge in [0, 0.05) is 11.8 Å². The van der Waals surface area contributed by atoms with Crippen LogP contribution in [0, 0.1) is 5.82 Å². The number of sulfonamides is 1. The van der Waals surface area contributed by atoms with E-state index in [1.54, 1.807) is 0 Å². The number of halogens is 1. The Balaban J connectivity index is 2.38. The van der Waals surface area contributed by atoms with Crippen LogP contribution in [-0.4, -0.2) is 18.6 Å². The lowest BCUT2D eigenvalue weighted by atomic mass is 10.3. The van der Waals surface area contributed by atoms with Gasteiger partial charge < -0.3 is 5.73 Å². The second kappa shape index (κ2) is 4.06. The number of aromatic nitrogens is 2. The molecule has 1 heterocycles. The highest BCUT2D eigenvalue weighted by Gasteiger charge is 2.16. The number of hydrogen-bond acceptors (Lipinski definition) is 4. The Labute approximate surface area is 96.7 Å². The second-order valence-corrected chi connectivity index (χ2v) is 4.98. The molecule has 0 aliphatic rings. The Morgan fingerprint density at radius 2 is 2.12 bits per heavy atom. The molecular weight excluding hydrogens is 247 g/mol. The smallest absolute Gasteiger partial charge is 0.263 e. The summed E-state index contributed by atoms with van der Waals surface area (Å²) in [5, 5.41) is 6.01. The zero-order valence-electron chi connectivity index (χ0n) is 8.51. The third-order valence-electron chi connectivity index (χ3n) is 1.95. The normalized spacial score (nSPS) is 11.4. The number of aromatic amines is 1. The van der Waals surface area contributed by atoms with Crippen molar-refractivity contribution in [3.05, 3.63) is 36.3 Å². The van der Waals surface area contributed by atoms with Gasteiger partial charge in [-0.3, -0.25) is 9.82 Å². The number of nitrogens with two attached hydrogens (primary N) is 1. The fourth-order valence-electron chi connectivity index (χ4n) is 1.26. The van der Waals surface area contributed by atoms with Crippen LogP contribution >= 0.6 is 0 Å². The van der Waals surface area contributed by atoms with Gasteiger partial charge in [-0.15, -0.1) is 0 Å². The summed E-state index contributed by atoms with van der Waals surface area (Å²) >= 11 is 0. The first kappa shape index (κ1) is 11.4. The summed E-state index contributed by atoms with van der Waals surface area (Å²) in [5.74, 6) is -0.525. The van der Waals surface area contributed by atoms with Crippen LogP contribution in [0.2, 0.25) is 0 Å². The molecule has 0 spiro atoms. The molecule has 0 unspecified atom stereocenters. The van der Waals surface area contributed by atoms with E-state index in [-0.39, 0.29) is 16.4 Å². The third kappa shape index (κ3) is 2.53. The van der Waals surface area contributed by atoms with Crippen LogP contribution in [0.5, 0.6) is 0 Å². The monoisotopic (exact) mass is 256 g/mol. The molecule has 2 rings (SSSR count). The molecule has 6 nitrogen and oxygen atoms in total. The van der Waals surface area contributed by atoms with Crippen molar-refractivity contribution in [2.45, 2.75) is 4.90 Å².